The van der Waals surface area contributed by atoms with E-state index in [4.69, 9.17) is 4.74 Å². The number of amides is 2. The van der Waals surface area contributed by atoms with Crippen molar-refractivity contribution in [3.63, 3.8) is 0 Å². The van der Waals surface area contributed by atoms with E-state index >= 15 is 0 Å². The monoisotopic (exact) mass is 452 g/mol. The maximum Gasteiger partial charge on any atom is 0.261 e. The highest BCUT2D eigenvalue weighted by Crippen LogP contribution is 2.30. The van der Waals surface area contributed by atoms with Gasteiger partial charge in [0, 0.05) is 18.2 Å². The van der Waals surface area contributed by atoms with Crippen LogP contribution in [0.4, 0.5) is 4.39 Å². The largest absolute Gasteiger partial charge is 0.493 e. The van der Waals surface area contributed by atoms with Crippen molar-refractivity contribution >= 4 is 11.8 Å². The zero-order valence-electron chi connectivity index (χ0n) is 19.3. The fourth-order valence-corrected chi connectivity index (χ4v) is 4.24. The van der Waals surface area contributed by atoms with Crippen molar-refractivity contribution in [2.24, 2.45) is 5.92 Å². The van der Waals surface area contributed by atoms with Crippen molar-refractivity contribution in [3.05, 3.63) is 65.0 Å². The fourth-order valence-electron chi connectivity index (χ4n) is 4.24. The first-order valence-corrected chi connectivity index (χ1v) is 12.2. The Bertz CT molecular complexity index is 954. The molecule has 0 bridgehead atoms. The van der Waals surface area contributed by atoms with Crippen molar-refractivity contribution in [1.29, 1.82) is 0 Å². The Balaban J connectivity index is 1.10. The number of halogens is 1. The Labute approximate surface area is 195 Å². The van der Waals surface area contributed by atoms with Gasteiger partial charge in [-0.2, -0.15) is 0 Å². The van der Waals surface area contributed by atoms with Crippen LogP contribution in [0.3, 0.4) is 0 Å². The lowest BCUT2D eigenvalue weighted by molar-refractivity contribution is 0.0651. The second kappa shape index (κ2) is 10.9. The van der Waals surface area contributed by atoms with E-state index in [-0.39, 0.29) is 23.7 Å². The Morgan fingerprint density at radius 3 is 2.36 bits per heavy atom. The molecule has 33 heavy (non-hydrogen) atoms. The topological polar surface area (TPSA) is 58.6 Å². The zero-order chi connectivity index (χ0) is 23.2. The molecule has 1 aliphatic carbocycles. The predicted octanol–water partition coefficient (Wildman–Crippen LogP) is 5.51. The molecule has 0 spiro atoms. The lowest BCUT2D eigenvalue weighted by Crippen LogP contribution is -2.30. The van der Waals surface area contributed by atoms with Crippen LogP contribution in [0, 0.1) is 11.7 Å². The Kier molecular flexibility index (Phi) is 7.76. The molecule has 1 atom stereocenters. The quantitative estimate of drug-likeness (QED) is 0.322. The number of benzene rings is 2. The summed E-state index contributed by atoms with van der Waals surface area (Å²) in [5, 5.41) is 3.41. The molecule has 0 radical (unpaired) electrons. The summed E-state index contributed by atoms with van der Waals surface area (Å²) in [5.41, 5.74) is 1.67. The highest BCUT2D eigenvalue weighted by molar-refractivity contribution is 6.21. The number of ether oxygens (including phenoxy) is 1. The smallest absolute Gasteiger partial charge is 0.261 e. The average Bonchev–Trinajstić information content (AvgIpc) is 3.62. The number of hydrogen-bond acceptors (Lipinski definition) is 4. The molecule has 5 nitrogen and oxygen atoms in total. The van der Waals surface area contributed by atoms with Gasteiger partial charge in [0.25, 0.3) is 11.8 Å². The molecule has 0 aromatic heterocycles. The van der Waals surface area contributed by atoms with Gasteiger partial charge in [-0.1, -0.05) is 31.4 Å². The van der Waals surface area contributed by atoms with Crippen molar-refractivity contribution in [2.45, 2.75) is 57.9 Å². The third-order valence-electron chi connectivity index (χ3n) is 6.50. The Morgan fingerprint density at radius 1 is 1.00 bits per heavy atom. The molecule has 6 heteroatoms. The van der Waals surface area contributed by atoms with Crippen molar-refractivity contribution in [3.8, 4) is 5.75 Å². The molecule has 0 saturated heterocycles. The summed E-state index contributed by atoms with van der Waals surface area (Å²) in [6.07, 6.45) is 7.33. The van der Waals surface area contributed by atoms with E-state index < -0.39 is 0 Å². The standard InChI is InChI=1S/C27H33FN2O3/c1-19(24-17-21(13-14-25(24)28)33-18-20-11-12-20)29-15-7-3-2-4-8-16-30-26(31)22-9-5-6-10-23(22)27(30)32/h5-6,9-10,13-14,17,19-20,29H,2-4,7-8,11-12,15-16,18H2,1H3/t19-/m0/s1. The average molecular weight is 453 g/mol. The normalized spacial score (nSPS) is 16.2. The molecule has 2 aromatic carbocycles. The number of unbranched alkanes of at least 4 members (excludes halogenated alkanes) is 4. The minimum Gasteiger partial charge on any atom is -0.493 e. The molecule has 0 unspecified atom stereocenters. The van der Waals surface area contributed by atoms with Gasteiger partial charge in [0.05, 0.1) is 17.7 Å². The van der Waals surface area contributed by atoms with Crippen molar-refractivity contribution in [2.75, 3.05) is 19.7 Å². The Hall–Kier alpha value is -2.73. The van der Waals surface area contributed by atoms with E-state index in [1.807, 2.05) is 13.0 Å². The van der Waals surface area contributed by atoms with E-state index in [0.717, 1.165) is 51.0 Å². The summed E-state index contributed by atoms with van der Waals surface area (Å²) in [6.45, 7) is 3.98. The molecule has 1 saturated carbocycles. The molecule has 2 amide bonds. The second-order valence-corrected chi connectivity index (χ2v) is 9.19. The van der Waals surface area contributed by atoms with Gasteiger partial charge in [0.15, 0.2) is 0 Å². The molecule has 4 rings (SSSR count). The number of nitrogens with one attached hydrogen (secondary N) is 1. The number of carbonyl (C=O) groups excluding carboxylic acids is 2. The number of nitrogens with zero attached hydrogens (tertiary/aromatic N) is 1. The van der Waals surface area contributed by atoms with Gasteiger partial charge >= 0.3 is 0 Å². The van der Waals surface area contributed by atoms with Crippen LogP contribution in [0.25, 0.3) is 0 Å². The fraction of sp³-hybridized carbons (Fsp3) is 0.481. The maximum absolute atomic E-state index is 14.3. The summed E-state index contributed by atoms with van der Waals surface area (Å²) in [6, 6.07) is 11.9. The lowest BCUT2D eigenvalue weighted by Gasteiger charge is -2.17. The van der Waals surface area contributed by atoms with Gasteiger partial charge in [0.2, 0.25) is 0 Å². The van der Waals surface area contributed by atoms with Crippen LogP contribution in [0.2, 0.25) is 0 Å². The van der Waals surface area contributed by atoms with Gasteiger partial charge in [-0.05, 0) is 75.4 Å². The van der Waals surface area contributed by atoms with Crippen LogP contribution < -0.4 is 10.1 Å². The van der Waals surface area contributed by atoms with Crippen molar-refractivity contribution in [1.82, 2.24) is 10.2 Å². The SMILES string of the molecule is C[C@H](NCCCCCCCN1C(=O)c2ccccc2C1=O)c1cc(OCC2CC2)ccc1F. The predicted molar refractivity (Wildman–Crippen MR) is 126 cm³/mol. The van der Waals surface area contributed by atoms with Gasteiger partial charge in [-0.3, -0.25) is 14.5 Å². The molecule has 1 fully saturated rings. The summed E-state index contributed by atoms with van der Waals surface area (Å²) in [4.78, 5) is 26.1. The molecule has 1 N–H and O–H groups in total. The van der Waals surface area contributed by atoms with E-state index in [0.29, 0.717) is 29.2 Å². The zero-order valence-corrected chi connectivity index (χ0v) is 19.3. The number of hydrogen-bond donors (Lipinski definition) is 1. The number of fused-ring (bicyclic) bond motifs is 1. The Morgan fingerprint density at radius 2 is 1.67 bits per heavy atom. The minimum atomic E-state index is -0.207. The van der Waals surface area contributed by atoms with Crippen LogP contribution in [-0.2, 0) is 0 Å². The summed E-state index contributed by atoms with van der Waals surface area (Å²) in [5.74, 6) is 0.847. The molecule has 2 aliphatic rings. The summed E-state index contributed by atoms with van der Waals surface area (Å²) in [7, 11) is 0. The number of carbonyl (C=O) groups is 2. The van der Waals surface area contributed by atoms with E-state index in [2.05, 4.69) is 5.32 Å². The minimum absolute atomic E-state index is 0.0803. The molecule has 1 heterocycles. The van der Waals surface area contributed by atoms with Crippen LogP contribution in [0.5, 0.6) is 5.75 Å². The van der Waals surface area contributed by atoms with Crippen LogP contribution in [-0.4, -0.2) is 36.4 Å². The van der Waals surface area contributed by atoms with Crippen LogP contribution in [0.15, 0.2) is 42.5 Å². The van der Waals surface area contributed by atoms with Gasteiger partial charge < -0.3 is 10.1 Å². The number of imide groups is 1. The molecular formula is C27H33FN2O3. The molecular weight excluding hydrogens is 419 g/mol. The summed E-state index contributed by atoms with van der Waals surface area (Å²) < 4.78 is 20.1. The number of rotatable bonds is 13. The second-order valence-electron chi connectivity index (χ2n) is 9.19. The highest BCUT2D eigenvalue weighted by Gasteiger charge is 2.34. The van der Waals surface area contributed by atoms with Gasteiger partial charge in [0.1, 0.15) is 11.6 Å². The first-order valence-electron chi connectivity index (χ1n) is 12.2. The third kappa shape index (κ3) is 5.99. The first kappa shape index (κ1) is 23.4. The molecule has 2 aromatic rings. The van der Waals surface area contributed by atoms with Crippen LogP contribution >= 0.6 is 0 Å². The van der Waals surface area contributed by atoms with Gasteiger partial charge in [-0.15, -0.1) is 0 Å². The maximum atomic E-state index is 14.3. The molecule has 176 valence electrons. The van der Waals surface area contributed by atoms with E-state index in [9.17, 15) is 14.0 Å². The third-order valence-corrected chi connectivity index (χ3v) is 6.50. The van der Waals surface area contributed by atoms with E-state index in [1.165, 1.54) is 23.8 Å². The van der Waals surface area contributed by atoms with E-state index in [1.54, 1.807) is 30.3 Å². The highest BCUT2D eigenvalue weighted by atomic mass is 19.1. The van der Waals surface area contributed by atoms with Crippen LogP contribution in [0.1, 0.15) is 84.2 Å². The lowest BCUT2D eigenvalue weighted by atomic mass is 10.1. The van der Waals surface area contributed by atoms with Gasteiger partial charge in [-0.25, -0.2) is 4.39 Å². The van der Waals surface area contributed by atoms with Crippen molar-refractivity contribution < 1.29 is 18.7 Å². The molecule has 1 aliphatic heterocycles. The first-order chi connectivity index (χ1) is 16.0. The summed E-state index contributed by atoms with van der Waals surface area (Å²) >= 11 is 0.